The van der Waals surface area contributed by atoms with Gasteiger partial charge in [0.2, 0.25) is 0 Å². The maximum Gasteiger partial charge on any atom is 0.260 e. The van der Waals surface area contributed by atoms with Crippen LogP contribution < -0.4 is 9.80 Å². The van der Waals surface area contributed by atoms with E-state index < -0.39 is 10.0 Å². The second-order valence-corrected chi connectivity index (χ2v) is 9.13. The summed E-state index contributed by atoms with van der Waals surface area (Å²) in [6.45, 7) is 6.34. The Balaban J connectivity index is 1.37. The van der Waals surface area contributed by atoms with Crippen LogP contribution in [0.4, 0.5) is 11.6 Å². The van der Waals surface area contributed by atoms with E-state index in [4.69, 9.17) is 0 Å². The average molecular weight is 392 g/mol. The van der Waals surface area contributed by atoms with Gasteiger partial charge in [-0.15, -0.1) is 10.2 Å². The first-order chi connectivity index (χ1) is 13.0. The normalized spacial score (nSPS) is 20.2. The molecule has 2 aliphatic rings. The third kappa shape index (κ3) is 3.77. The standard InChI is InChI=1S/C17H25N7O2S/c1-14-4-6-22(7-5-14)15-2-3-16(21-20-15)23-8-10-24(11-9-23)27(25,26)17-12-18-13-19-17/h2-3,12-14H,4-11H2,1H3,(H,18,19). The van der Waals surface area contributed by atoms with Gasteiger partial charge in [0.05, 0.1) is 12.5 Å². The van der Waals surface area contributed by atoms with E-state index in [9.17, 15) is 8.42 Å². The molecule has 0 aromatic carbocycles. The number of rotatable bonds is 4. The fourth-order valence-corrected chi connectivity index (χ4v) is 4.89. The predicted octanol–water partition coefficient (Wildman–Crippen LogP) is 0.947. The van der Waals surface area contributed by atoms with E-state index in [0.29, 0.717) is 26.2 Å². The van der Waals surface area contributed by atoms with Crippen molar-refractivity contribution in [2.24, 2.45) is 5.92 Å². The van der Waals surface area contributed by atoms with Gasteiger partial charge in [0.25, 0.3) is 10.0 Å². The van der Waals surface area contributed by atoms with Gasteiger partial charge >= 0.3 is 0 Å². The van der Waals surface area contributed by atoms with Gasteiger partial charge in [-0.3, -0.25) is 0 Å². The van der Waals surface area contributed by atoms with E-state index in [1.54, 1.807) is 0 Å². The number of nitrogens with one attached hydrogen (secondary N) is 1. The van der Waals surface area contributed by atoms with Crippen LogP contribution in [0, 0.1) is 5.92 Å². The molecule has 0 bridgehead atoms. The van der Waals surface area contributed by atoms with Crippen LogP contribution in [-0.2, 0) is 10.0 Å². The van der Waals surface area contributed by atoms with Crippen LogP contribution in [0.1, 0.15) is 19.8 Å². The molecule has 2 saturated heterocycles. The van der Waals surface area contributed by atoms with Crippen molar-refractivity contribution in [3.05, 3.63) is 24.7 Å². The molecule has 0 atom stereocenters. The number of piperidine rings is 1. The average Bonchev–Trinajstić information content (AvgIpc) is 3.25. The quantitative estimate of drug-likeness (QED) is 0.828. The van der Waals surface area contributed by atoms with Crippen molar-refractivity contribution in [2.45, 2.75) is 24.8 Å². The van der Waals surface area contributed by atoms with Gasteiger partial charge < -0.3 is 14.8 Å². The number of piperazine rings is 1. The number of aromatic amines is 1. The minimum atomic E-state index is -3.50. The van der Waals surface area contributed by atoms with E-state index >= 15 is 0 Å². The molecule has 0 unspecified atom stereocenters. The summed E-state index contributed by atoms with van der Waals surface area (Å²) in [5.41, 5.74) is 0. The number of hydrogen-bond acceptors (Lipinski definition) is 7. The van der Waals surface area contributed by atoms with Crippen molar-refractivity contribution in [2.75, 3.05) is 49.1 Å². The highest BCUT2D eigenvalue weighted by Crippen LogP contribution is 2.23. The van der Waals surface area contributed by atoms with Crippen LogP contribution in [0.5, 0.6) is 0 Å². The molecule has 0 spiro atoms. The lowest BCUT2D eigenvalue weighted by Crippen LogP contribution is -2.49. The molecule has 2 aromatic rings. The molecule has 9 nitrogen and oxygen atoms in total. The molecule has 2 aromatic heterocycles. The van der Waals surface area contributed by atoms with Crippen molar-refractivity contribution in [3.8, 4) is 0 Å². The Morgan fingerprint density at radius 2 is 1.56 bits per heavy atom. The SMILES string of the molecule is CC1CCN(c2ccc(N3CCN(S(=O)(=O)c4cnc[nH]4)CC3)nn2)CC1. The van der Waals surface area contributed by atoms with Crippen molar-refractivity contribution in [1.29, 1.82) is 0 Å². The van der Waals surface area contributed by atoms with Gasteiger partial charge in [0.1, 0.15) is 0 Å². The van der Waals surface area contributed by atoms with Crippen molar-refractivity contribution in [3.63, 3.8) is 0 Å². The summed E-state index contributed by atoms with van der Waals surface area (Å²) < 4.78 is 26.6. The topological polar surface area (TPSA) is 98.3 Å². The Bertz CT molecular complexity index is 838. The fraction of sp³-hybridized carbons (Fsp3) is 0.588. The first-order valence-electron chi connectivity index (χ1n) is 9.36. The highest BCUT2D eigenvalue weighted by Gasteiger charge is 2.30. The second kappa shape index (κ2) is 7.43. The molecular weight excluding hydrogens is 366 g/mol. The summed E-state index contributed by atoms with van der Waals surface area (Å²) in [6.07, 6.45) is 5.10. The van der Waals surface area contributed by atoms with Gasteiger partial charge in [-0.2, -0.15) is 4.31 Å². The number of aromatic nitrogens is 4. The minimum Gasteiger partial charge on any atom is -0.355 e. The number of H-pyrrole nitrogens is 1. The molecule has 0 amide bonds. The summed E-state index contributed by atoms with van der Waals surface area (Å²) in [7, 11) is -3.50. The third-order valence-electron chi connectivity index (χ3n) is 5.40. The molecule has 4 heterocycles. The first kappa shape index (κ1) is 18.2. The van der Waals surface area contributed by atoms with Gasteiger partial charge in [-0.25, -0.2) is 13.4 Å². The van der Waals surface area contributed by atoms with E-state index in [0.717, 1.165) is 30.6 Å². The zero-order valence-electron chi connectivity index (χ0n) is 15.5. The molecule has 4 rings (SSSR count). The van der Waals surface area contributed by atoms with Crippen molar-refractivity contribution in [1.82, 2.24) is 24.5 Å². The number of anilines is 2. The maximum absolute atomic E-state index is 12.5. The fourth-order valence-electron chi connectivity index (χ4n) is 3.57. The van der Waals surface area contributed by atoms with E-state index in [2.05, 4.69) is 36.9 Å². The highest BCUT2D eigenvalue weighted by atomic mass is 32.2. The lowest BCUT2D eigenvalue weighted by atomic mass is 9.99. The predicted molar refractivity (Wildman–Crippen MR) is 102 cm³/mol. The zero-order valence-corrected chi connectivity index (χ0v) is 16.3. The minimum absolute atomic E-state index is 0.135. The molecule has 0 aliphatic carbocycles. The molecule has 27 heavy (non-hydrogen) atoms. The van der Waals surface area contributed by atoms with E-state index in [1.807, 2.05) is 12.1 Å². The molecule has 2 fully saturated rings. The summed E-state index contributed by atoms with van der Waals surface area (Å²) in [5, 5.41) is 8.92. The third-order valence-corrected chi connectivity index (χ3v) is 7.22. The highest BCUT2D eigenvalue weighted by molar-refractivity contribution is 7.89. The molecule has 146 valence electrons. The van der Waals surface area contributed by atoms with Gasteiger partial charge in [-0.05, 0) is 30.9 Å². The second-order valence-electron chi connectivity index (χ2n) is 7.23. The lowest BCUT2D eigenvalue weighted by molar-refractivity contribution is 0.382. The lowest BCUT2D eigenvalue weighted by Gasteiger charge is -2.34. The number of sulfonamides is 1. The summed E-state index contributed by atoms with van der Waals surface area (Å²) >= 11 is 0. The Labute approximate surface area is 159 Å². The van der Waals surface area contributed by atoms with Gasteiger partial charge in [-0.1, -0.05) is 6.92 Å². The van der Waals surface area contributed by atoms with Crippen molar-refractivity contribution < 1.29 is 8.42 Å². The van der Waals surface area contributed by atoms with Crippen LogP contribution in [0.25, 0.3) is 0 Å². The Morgan fingerprint density at radius 3 is 2.07 bits per heavy atom. The van der Waals surface area contributed by atoms with Crippen LogP contribution in [-0.4, -0.2) is 72.2 Å². The summed E-state index contributed by atoms with van der Waals surface area (Å²) in [5.74, 6) is 2.50. The maximum atomic E-state index is 12.5. The number of hydrogen-bond donors (Lipinski definition) is 1. The molecule has 10 heteroatoms. The smallest absolute Gasteiger partial charge is 0.260 e. The molecule has 1 N–H and O–H groups in total. The number of nitrogens with zero attached hydrogens (tertiary/aromatic N) is 6. The Hall–Kier alpha value is -2.20. The van der Waals surface area contributed by atoms with Crippen LogP contribution >= 0.6 is 0 Å². The summed E-state index contributed by atoms with van der Waals surface area (Å²) in [4.78, 5) is 10.8. The Kier molecular flexibility index (Phi) is 5.00. The van der Waals surface area contributed by atoms with Crippen LogP contribution in [0.3, 0.4) is 0 Å². The van der Waals surface area contributed by atoms with Crippen LogP contribution in [0.2, 0.25) is 0 Å². The van der Waals surface area contributed by atoms with Gasteiger partial charge in [0.15, 0.2) is 16.7 Å². The molecule has 0 saturated carbocycles. The first-order valence-corrected chi connectivity index (χ1v) is 10.8. The van der Waals surface area contributed by atoms with E-state index in [-0.39, 0.29) is 5.03 Å². The largest absolute Gasteiger partial charge is 0.355 e. The monoisotopic (exact) mass is 391 g/mol. The summed E-state index contributed by atoms with van der Waals surface area (Å²) in [6, 6.07) is 4.01. The zero-order chi connectivity index (χ0) is 18.9. The molecule has 2 aliphatic heterocycles. The Morgan fingerprint density at radius 1 is 0.963 bits per heavy atom. The van der Waals surface area contributed by atoms with E-state index in [1.165, 1.54) is 29.7 Å². The molecular formula is C17H25N7O2S. The number of imidazole rings is 1. The van der Waals surface area contributed by atoms with Gasteiger partial charge in [0, 0.05) is 39.3 Å². The van der Waals surface area contributed by atoms with Crippen LogP contribution in [0.15, 0.2) is 29.7 Å². The molecule has 0 radical (unpaired) electrons. The van der Waals surface area contributed by atoms with Crippen molar-refractivity contribution >= 4 is 21.7 Å².